The Bertz CT molecular complexity index is 1220. The molecule has 1 aliphatic rings. The van der Waals surface area contributed by atoms with Crippen molar-refractivity contribution in [3.8, 4) is 0 Å². The standard InChI is InChI=1S/C16H15F6N5O.H3O4P/c17-10-6-12(19)11(18)4-8(10)3-9(23)5-14(28)26-1-2-27-13(7-26)24-25-15(27)16(20,21)22;1-5(2,3)4/h4,6,9H,1-3,5,7,23H2;(H3,1,2,3,4)/t9-;/m0./s1/i1D2,7D2;. The number of benzene rings is 1. The maximum absolute atomic E-state index is 13.8. The summed E-state index contributed by atoms with van der Waals surface area (Å²) in [5.74, 6) is -7.75. The van der Waals surface area contributed by atoms with Gasteiger partial charge in [-0.05, 0) is 18.1 Å². The van der Waals surface area contributed by atoms with E-state index in [4.69, 9.17) is 30.5 Å². The van der Waals surface area contributed by atoms with Gasteiger partial charge in [-0.2, -0.15) is 13.2 Å². The van der Waals surface area contributed by atoms with Crippen molar-refractivity contribution in [2.45, 2.75) is 38.1 Å². The van der Waals surface area contributed by atoms with Crippen molar-refractivity contribution in [2.24, 2.45) is 5.73 Å². The second kappa shape index (κ2) is 10.2. The number of hydrogen-bond donors (Lipinski definition) is 4. The number of carbonyl (C=O) groups excluding carboxylic acids is 1. The molecule has 1 aromatic heterocycles. The largest absolute Gasteiger partial charge is 0.466 e. The SMILES string of the molecule is O=P(O)(O)O.[2H]C1([2H])Cn2c(C(F)(F)F)nnc2C([2H])([2H])N1C(=O)C[C@@H](N)Cc1cc(F)c(F)cc1F. The molecule has 0 radical (unpaired) electrons. The first-order valence-electron chi connectivity index (χ1n) is 10.6. The number of nitrogens with zero attached hydrogens (tertiary/aromatic N) is 4. The monoisotopic (exact) mass is 509 g/mol. The lowest BCUT2D eigenvalue weighted by Gasteiger charge is -2.29. The van der Waals surface area contributed by atoms with Crippen LogP contribution in [0.15, 0.2) is 12.1 Å². The lowest BCUT2D eigenvalue weighted by molar-refractivity contribution is -0.148. The second-order valence-corrected chi connectivity index (χ2v) is 7.50. The van der Waals surface area contributed by atoms with Gasteiger partial charge < -0.3 is 29.9 Å². The van der Waals surface area contributed by atoms with Crippen LogP contribution in [-0.4, -0.2) is 52.8 Å². The molecule has 5 N–H and O–H groups in total. The van der Waals surface area contributed by atoms with Crippen LogP contribution in [0.25, 0.3) is 0 Å². The predicted octanol–water partition coefficient (Wildman–Crippen LogP) is 1.09. The minimum absolute atomic E-state index is 0.0611. The van der Waals surface area contributed by atoms with E-state index in [1.165, 1.54) is 0 Å². The normalized spacial score (nSPS) is 19.8. The summed E-state index contributed by atoms with van der Waals surface area (Å²) in [6.07, 6.45) is -6.30. The molecular formula is C16H18F6N5O5P. The second-order valence-electron chi connectivity index (χ2n) is 6.47. The van der Waals surface area contributed by atoms with Crippen LogP contribution in [-0.2, 0) is 35.0 Å². The quantitative estimate of drug-likeness (QED) is 0.271. The minimum Gasteiger partial charge on any atom is -0.333 e. The molecule has 0 fully saturated rings. The van der Waals surface area contributed by atoms with Gasteiger partial charge in [0.1, 0.15) is 5.82 Å². The number of nitrogens with two attached hydrogens (primary N) is 1. The Morgan fingerprint density at radius 2 is 1.76 bits per heavy atom. The summed E-state index contributed by atoms with van der Waals surface area (Å²) in [5.41, 5.74) is 5.37. The highest BCUT2D eigenvalue weighted by molar-refractivity contribution is 7.45. The van der Waals surface area contributed by atoms with Gasteiger partial charge >= 0.3 is 14.0 Å². The van der Waals surface area contributed by atoms with E-state index in [2.05, 4.69) is 10.2 Å². The molecule has 2 aromatic rings. The third-order valence-electron chi connectivity index (χ3n) is 3.86. The molecule has 1 aromatic carbocycles. The number of hydrogen-bond acceptors (Lipinski definition) is 5. The van der Waals surface area contributed by atoms with Crippen LogP contribution in [0.4, 0.5) is 26.3 Å². The van der Waals surface area contributed by atoms with Gasteiger partial charge in [0.25, 0.3) is 0 Å². The van der Waals surface area contributed by atoms with Crippen LogP contribution < -0.4 is 5.73 Å². The highest BCUT2D eigenvalue weighted by Crippen LogP contribution is 2.29. The number of alkyl halides is 3. The molecule has 17 heteroatoms. The van der Waals surface area contributed by atoms with Crippen molar-refractivity contribution in [1.82, 2.24) is 19.7 Å². The number of carbonyl (C=O) groups is 1. The van der Waals surface area contributed by atoms with E-state index < -0.39 is 87.4 Å². The van der Waals surface area contributed by atoms with Crippen LogP contribution in [0.1, 0.15) is 29.1 Å². The summed E-state index contributed by atoms with van der Waals surface area (Å²) in [6.45, 7) is -7.19. The van der Waals surface area contributed by atoms with Crippen molar-refractivity contribution in [3.05, 3.63) is 46.8 Å². The topological polar surface area (TPSA) is 155 Å². The van der Waals surface area contributed by atoms with Gasteiger partial charge in [0.2, 0.25) is 11.7 Å². The van der Waals surface area contributed by atoms with E-state index in [0.29, 0.717) is 6.07 Å². The first-order chi connectivity index (χ1) is 16.6. The maximum Gasteiger partial charge on any atom is 0.466 e. The van der Waals surface area contributed by atoms with Gasteiger partial charge in [-0.3, -0.25) is 4.79 Å². The molecule has 0 unspecified atom stereocenters. The van der Waals surface area contributed by atoms with Gasteiger partial charge in [0, 0.05) is 31.6 Å². The van der Waals surface area contributed by atoms with E-state index in [1.807, 2.05) is 0 Å². The molecule has 0 spiro atoms. The molecule has 0 saturated carbocycles. The number of aromatic nitrogens is 3. The van der Waals surface area contributed by atoms with E-state index in [0.717, 1.165) is 0 Å². The van der Waals surface area contributed by atoms with E-state index in [1.54, 1.807) is 0 Å². The Morgan fingerprint density at radius 3 is 2.33 bits per heavy atom. The fraction of sp³-hybridized carbons (Fsp3) is 0.438. The maximum atomic E-state index is 13.8. The number of fused-ring (bicyclic) bond motifs is 1. The Hall–Kier alpha value is -2.52. The Morgan fingerprint density at radius 1 is 1.18 bits per heavy atom. The first kappa shape index (κ1) is 21.0. The molecule has 0 saturated heterocycles. The summed E-state index contributed by atoms with van der Waals surface area (Å²) < 4.78 is 121. The third-order valence-corrected chi connectivity index (χ3v) is 3.86. The summed E-state index contributed by atoms with van der Waals surface area (Å²) in [5, 5.41) is 6.03. The predicted molar refractivity (Wildman–Crippen MR) is 97.3 cm³/mol. The van der Waals surface area contributed by atoms with Crippen molar-refractivity contribution in [1.29, 1.82) is 0 Å². The Kier molecular flexibility index (Phi) is 6.49. The van der Waals surface area contributed by atoms with Crippen molar-refractivity contribution >= 4 is 13.7 Å². The summed E-state index contributed by atoms with van der Waals surface area (Å²) in [7, 11) is -4.64. The molecule has 184 valence electrons. The van der Waals surface area contributed by atoms with E-state index in [9.17, 15) is 31.1 Å². The van der Waals surface area contributed by atoms with Gasteiger partial charge in [-0.15, -0.1) is 10.2 Å². The number of halogens is 6. The molecule has 10 nitrogen and oxygen atoms in total. The molecule has 1 atom stereocenters. The molecule has 1 aliphatic heterocycles. The Labute approximate surface area is 187 Å². The van der Waals surface area contributed by atoms with Gasteiger partial charge in [-0.1, -0.05) is 0 Å². The molecule has 2 heterocycles. The average molecular weight is 509 g/mol. The van der Waals surface area contributed by atoms with Gasteiger partial charge in [-0.25, -0.2) is 17.7 Å². The van der Waals surface area contributed by atoms with Gasteiger partial charge in [0.15, 0.2) is 17.5 Å². The van der Waals surface area contributed by atoms with Crippen molar-refractivity contribution in [2.75, 3.05) is 6.50 Å². The van der Waals surface area contributed by atoms with Crippen LogP contribution in [0.2, 0.25) is 0 Å². The zero-order chi connectivity index (χ0) is 28.7. The summed E-state index contributed by atoms with van der Waals surface area (Å²) in [4.78, 5) is 34.3. The van der Waals surface area contributed by atoms with Crippen molar-refractivity contribution in [3.63, 3.8) is 0 Å². The third kappa shape index (κ3) is 7.78. The highest BCUT2D eigenvalue weighted by Gasteiger charge is 2.40. The fourth-order valence-electron chi connectivity index (χ4n) is 2.57. The van der Waals surface area contributed by atoms with Crippen LogP contribution >= 0.6 is 7.82 Å². The Balaban J connectivity index is 0.000000877. The lowest BCUT2D eigenvalue weighted by Crippen LogP contribution is -2.42. The molecular weight excluding hydrogens is 487 g/mol. The number of phosphoric acid groups is 1. The molecule has 0 aliphatic carbocycles. The highest BCUT2D eigenvalue weighted by atomic mass is 31.2. The average Bonchev–Trinajstić information content (AvgIpc) is 3.08. The zero-order valence-electron chi connectivity index (χ0n) is 20.1. The van der Waals surface area contributed by atoms with E-state index in [-0.39, 0.29) is 21.1 Å². The van der Waals surface area contributed by atoms with Gasteiger partial charge in [0.05, 0.1) is 12.0 Å². The number of rotatable bonds is 4. The molecule has 33 heavy (non-hydrogen) atoms. The summed E-state index contributed by atoms with van der Waals surface area (Å²) >= 11 is 0. The smallest absolute Gasteiger partial charge is 0.333 e. The van der Waals surface area contributed by atoms with Crippen molar-refractivity contribution < 1.29 is 55.9 Å². The van der Waals surface area contributed by atoms with E-state index >= 15 is 0 Å². The zero-order valence-corrected chi connectivity index (χ0v) is 17.0. The molecule has 1 amide bonds. The van der Waals surface area contributed by atoms with Crippen LogP contribution in [0.5, 0.6) is 0 Å². The molecule has 3 rings (SSSR count). The molecule has 0 bridgehead atoms. The van der Waals surface area contributed by atoms with Crippen LogP contribution in [0, 0.1) is 17.5 Å². The fourth-order valence-corrected chi connectivity index (χ4v) is 2.57. The lowest BCUT2D eigenvalue weighted by atomic mass is 10.0. The summed E-state index contributed by atoms with van der Waals surface area (Å²) in [6, 6.07) is -0.458. The first-order valence-corrected chi connectivity index (χ1v) is 10.1. The minimum atomic E-state index is -5.04. The van der Waals surface area contributed by atoms with Crippen LogP contribution in [0.3, 0.4) is 0 Å². The number of amides is 1.